The van der Waals surface area contributed by atoms with E-state index < -0.39 is 11.7 Å². The fourth-order valence-corrected chi connectivity index (χ4v) is 1.65. The van der Waals surface area contributed by atoms with Crippen molar-refractivity contribution in [3.63, 3.8) is 0 Å². The molecule has 5 heteroatoms. The standard InChI is InChI=1S/C14H10F3NO/c15-14(16,17)12-4-1-10(2-5-12)11-3-6-13(7-8-19)18-9-11/h1-6,8-9H,7H2. The van der Waals surface area contributed by atoms with Crippen LogP contribution in [0.15, 0.2) is 42.6 Å². The summed E-state index contributed by atoms with van der Waals surface area (Å²) in [5.41, 5.74) is 1.31. The summed E-state index contributed by atoms with van der Waals surface area (Å²) in [7, 11) is 0. The van der Waals surface area contributed by atoms with E-state index in [0.717, 1.165) is 18.4 Å². The molecule has 0 saturated heterocycles. The summed E-state index contributed by atoms with van der Waals surface area (Å²) < 4.78 is 37.2. The first-order chi connectivity index (χ1) is 9.00. The van der Waals surface area contributed by atoms with E-state index in [9.17, 15) is 18.0 Å². The van der Waals surface area contributed by atoms with Crippen molar-refractivity contribution < 1.29 is 18.0 Å². The number of pyridine rings is 1. The Morgan fingerprint density at radius 3 is 2.11 bits per heavy atom. The predicted octanol–water partition coefficient (Wildman–Crippen LogP) is 3.51. The Bertz CT molecular complexity index is 559. The van der Waals surface area contributed by atoms with Crippen molar-refractivity contribution in [2.24, 2.45) is 0 Å². The fraction of sp³-hybridized carbons (Fsp3) is 0.143. The molecule has 0 saturated carbocycles. The summed E-state index contributed by atoms with van der Waals surface area (Å²) in [6.07, 6.45) is -1.81. The van der Waals surface area contributed by atoms with Crippen LogP contribution in [-0.2, 0) is 17.4 Å². The van der Waals surface area contributed by atoms with Crippen molar-refractivity contribution in [2.45, 2.75) is 12.6 Å². The molecule has 0 spiro atoms. The molecule has 0 N–H and O–H groups in total. The highest BCUT2D eigenvalue weighted by molar-refractivity contribution is 5.63. The molecule has 2 nitrogen and oxygen atoms in total. The number of benzene rings is 1. The molecule has 0 aliphatic rings. The molecule has 0 amide bonds. The van der Waals surface area contributed by atoms with E-state index in [-0.39, 0.29) is 6.42 Å². The van der Waals surface area contributed by atoms with E-state index in [4.69, 9.17) is 0 Å². The molecule has 0 unspecified atom stereocenters. The quantitative estimate of drug-likeness (QED) is 0.795. The Balaban J connectivity index is 2.24. The highest BCUT2D eigenvalue weighted by atomic mass is 19.4. The van der Waals surface area contributed by atoms with Gasteiger partial charge in [0.15, 0.2) is 0 Å². The Morgan fingerprint density at radius 2 is 1.63 bits per heavy atom. The number of alkyl halides is 3. The number of rotatable bonds is 3. The van der Waals surface area contributed by atoms with Crippen molar-refractivity contribution in [3.05, 3.63) is 53.9 Å². The third-order valence-corrected chi connectivity index (χ3v) is 2.66. The van der Waals surface area contributed by atoms with Crippen LogP contribution in [0.4, 0.5) is 13.2 Å². The van der Waals surface area contributed by atoms with Crippen molar-refractivity contribution in [2.75, 3.05) is 0 Å². The molecule has 0 radical (unpaired) electrons. The maximum Gasteiger partial charge on any atom is 0.416 e. The van der Waals surface area contributed by atoms with Gasteiger partial charge in [-0.25, -0.2) is 0 Å². The second kappa shape index (κ2) is 5.22. The zero-order valence-electron chi connectivity index (χ0n) is 9.82. The van der Waals surface area contributed by atoms with Gasteiger partial charge >= 0.3 is 6.18 Å². The van der Waals surface area contributed by atoms with Gasteiger partial charge in [0.1, 0.15) is 6.29 Å². The molecule has 0 fully saturated rings. The summed E-state index contributed by atoms with van der Waals surface area (Å²) in [6.45, 7) is 0. The monoisotopic (exact) mass is 265 g/mol. The molecule has 1 aromatic heterocycles. The summed E-state index contributed by atoms with van der Waals surface area (Å²) in [4.78, 5) is 14.4. The molecule has 1 heterocycles. The van der Waals surface area contributed by atoms with Crippen LogP contribution in [-0.4, -0.2) is 11.3 Å². The van der Waals surface area contributed by atoms with Gasteiger partial charge in [0.2, 0.25) is 0 Å². The van der Waals surface area contributed by atoms with E-state index in [2.05, 4.69) is 4.98 Å². The number of aldehydes is 1. The number of halogens is 3. The van der Waals surface area contributed by atoms with Crippen LogP contribution in [0.5, 0.6) is 0 Å². The van der Waals surface area contributed by atoms with E-state index in [1.807, 2.05) is 0 Å². The molecule has 0 aliphatic heterocycles. The number of hydrogen-bond acceptors (Lipinski definition) is 2. The van der Waals surface area contributed by atoms with Crippen LogP contribution < -0.4 is 0 Å². The molecular weight excluding hydrogens is 255 g/mol. The lowest BCUT2D eigenvalue weighted by Gasteiger charge is -2.07. The number of hydrogen-bond donors (Lipinski definition) is 0. The first-order valence-corrected chi connectivity index (χ1v) is 5.57. The molecule has 0 bridgehead atoms. The largest absolute Gasteiger partial charge is 0.416 e. The van der Waals surface area contributed by atoms with Gasteiger partial charge in [-0.15, -0.1) is 0 Å². The van der Waals surface area contributed by atoms with Crippen LogP contribution >= 0.6 is 0 Å². The van der Waals surface area contributed by atoms with Crippen LogP contribution in [0.2, 0.25) is 0 Å². The second-order valence-corrected chi connectivity index (χ2v) is 3.98. The molecule has 0 atom stereocenters. The lowest BCUT2D eigenvalue weighted by molar-refractivity contribution is -0.137. The Morgan fingerprint density at radius 1 is 1.00 bits per heavy atom. The average Bonchev–Trinajstić information content (AvgIpc) is 2.39. The zero-order valence-corrected chi connectivity index (χ0v) is 9.82. The van der Waals surface area contributed by atoms with E-state index >= 15 is 0 Å². The van der Waals surface area contributed by atoms with Crippen LogP contribution in [0.1, 0.15) is 11.3 Å². The maximum atomic E-state index is 12.4. The SMILES string of the molecule is O=CCc1ccc(-c2ccc(C(F)(F)F)cc2)cn1. The lowest BCUT2D eigenvalue weighted by Crippen LogP contribution is -2.04. The highest BCUT2D eigenvalue weighted by Crippen LogP contribution is 2.30. The van der Waals surface area contributed by atoms with Crippen LogP contribution in [0, 0.1) is 0 Å². The maximum absolute atomic E-state index is 12.4. The van der Waals surface area contributed by atoms with Gasteiger partial charge in [-0.3, -0.25) is 4.98 Å². The summed E-state index contributed by atoms with van der Waals surface area (Å²) in [5.74, 6) is 0. The summed E-state index contributed by atoms with van der Waals surface area (Å²) in [5, 5.41) is 0. The third-order valence-electron chi connectivity index (χ3n) is 2.66. The normalized spacial score (nSPS) is 11.3. The summed E-state index contributed by atoms with van der Waals surface area (Å²) in [6, 6.07) is 8.29. The summed E-state index contributed by atoms with van der Waals surface area (Å²) >= 11 is 0. The van der Waals surface area contributed by atoms with E-state index in [1.165, 1.54) is 12.1 Å². The zero-order chi connectivity index (χ0) is 13.9. The van der Waals surface area contributed by atoms with Gasteiger partial charge in [-0.2, -0.15) is 13.2 Å². The Labute approximate surface area is 107 Å². The molecule has 19 heavy (non-hydrogen) atoms. The average molecular weight is 265 g/mol. The Hall–Kier alpha value is -2.17. The minimum atomic E-state index is -4.33. The number of carbonyl (C=O) groups excluding carboxylic acids is 1. The minimum Gasteiger partial charge on any atom is -0.303 e. The van der Waals surface area contributed by atoms with E-state index in [1.54, 1.807) is 18.3 Å². The van der Waals surface area contributed by atoms with Gasteiger partial charge in [0.05, 0.1) is 5.56 Å². The van der Waals surface area contributed by atoms with E-state index in [0.29, 0.717) is 16.8 Å². The fourth-order valence-electron chi connectivity index (χ4n) is 1.65. The molecule has 98 valence electrons. The number of nitrogens with zero attached hydrogens (tertiary/aromatic N) is 1. The number of aromatic nitrogens is 1. The first-order valence-electron chi connectivity index (χ1n) is 5.57. The molecule has 0 aliphatic carbocycles. The molecule has 2 rings (SSSR count). The second-order valence-electron chi connectivity index (χ2n) is 3.98. The topological polar surface area (TPSA) is 30.0 Å². The third kappa shape index (κ3) is 3.19. The molecular formula is C14H10F3NO. The van der Waals surface area contributed by atoms with Crippen molar-refractivity contribution in [3.8, 4) is 11.1 Å². The van der Waals surface area contributed by atoms with Gasteiger partial charge < -0.3 is 4.79 Å². The van der Waals surface area contributed by atoms with Crippen molar-refractivity contribution >= 4 is 6.29 Å². The molecule has 1 aromatic carbocycles. The van der Waals surface area contributed by atoms with Crippen molar-refractivity contribution in [1.82, 2.24) is 4.98 Å². The highest BCUT2D eigenvalue weighted by Gasteiger charge is 2.29. The van der Waals surface area contributed by atoms with Gasteiger partial charge in [0.25, 0.3) is 0 Å². The lowest BCUT2D eigenvalue weighted by atomic mass is 10.0. The molecule has 2 aromatic rings. The first kappa shape index (κ1) is 13.3. The smallest absolute Gasteiger partial charge is 0.303 e. The number of carbonyl (C=O) groups is 1. The predicted molar refractivity (Wildman–Crippen MR) is 64.4 cm³/mol. The van der Waals surface area contributed by atoms with Gasteiger partial charge in [-0.05, 0) is 23.8 Å². The van der Waals surface area contributed by atoms with Gasteiger partial charge in [-0.1, -0.05) is 18.2 Å². The van der Waals surface area contributed by atoms with Crippen LogP contribution in [0.25, 0.3) is 11.1 Å². The Kier molecular flexibility index (Phi) is 3.64. The van der Waals surface area contributed by atoms with Crippen molar-refractivity contribution in [1.29, 1.82) is 0 Å². The minimum absolute atomic E-state index is 0.229. The van der Waals surface area contributed by atoms with Gasteiger partial charge in [0, 0.05) is 23.9 Å². The van der Waals surface area contributed by atoms with Crippen LogP contribution in [0.3, 0.4) is 0 Å².